The van der Waals surface area contributed by atoms with Gasteiger partial charge >= 0.3 is 0 Å². The number of rotatable bonds is 2. The number of fused-ring (bicyclic) bond motifs is 1. The number of aromatic hydroxyl groups is 1. The first-order valence-electron chi connectivity index (χ1n) is 7.87. The molecular formula is C17H25NO. The van der Waals surface area contributed by atoms with Gasteiger partial charge in [0.15, 0.2) is 0 Å². The number of benzene rings is 1. The van der Waals surface area contributed by atoms with Crippen molar-refractivity contribution in [3.63, 3.8) is 0 Å². The van der Waals surface area contributed by atoms with Crippen LogP contribution >= 0.6 is 0 Å². The van der Waals surface area contributed by atoms with Crippen LogP contribution in [0.2, 0.25) is 0 Å². The summed E-state index contributed by atoms with van der Waals surface area (Å²) in [5.74, 6) is 0.421. The minimum Gasteiger partial charge on any atom is -0.508 e. The van der Waals surface area contributed by atoms with Gasteiger partial charge in [-0.3, -0.25) is 4.90 Å². The van der Waals surface area contributed by atoms with Crippen LogP contribution in [-0.4, -0.2) is 22.6 Å². The maximum Gasteiger partial charge on any atom is 0.115 e. The van der Waals surface area contributed by atoms with Gasteiger partial charge in [-0.1, -0.05) is 19.4 Å². The molecule has 0 aromatic heterocycles. The first kappa shape index (κ1) is 13.0. The van der Waals surface area contributed by atoms with E-state index in [1.54, 1.807) is 0 Å². The first-order chi connectivity index (χ1) is 9.29. The highest BCUT2D eigenvalue weighted by molar-refractivity contribution is 5.38. The van der Waals surface area contributed by atoms with Crippen molar-refractivity contribution in [1.82, 2.24) is 4.90 Å². The van der Waals surface area contributed by atoms with Gasteiger partial charge in [0.25, 0.3) is 0 Å². The summed E-state index contributed by atoms with van der Waals surface area (Å²) < 4.78 is 0. The van der Waals surface area contributed by atoms with E-state index < -0.39 is 0 Å². The minimum absolute atomic E-state index is 0.421. The van der Waals surface area contributed by atoms with E-state index >= 15 is 0 Å². The normalized spacial score (nSPS) is 28.1. The lowest BCUT2D eigenvalue weighted by atomic mass is 9.84. The Bertz CT molecular complexity index is 443. The minimum atomic E-state index is 0.421. The number of hydrogen-bond acceptors (Lipinski definition) is 2. The molecule has 1 fully saturated rings. The molecule has 19 heavy (non-hydrogen) atoms. The predicted molar refractivity (Wildman–Crippen MR) is 78.4 cm³/mol. The monoisotopic (exact) mass is 259 g/mol. The maximum atomic E-state index is 9.67. The molecule has 0 spiro atoms. The molecule has 2 unspecified atom stereocenters. The topological polar surface area (TPSA) is 23.5 Å². The van der Waals surface area contributed by atoms with Gasteiger partial charge in [0.1, 0.15) is 5.75 Å². The van der Waals surface area contributed by atoms with Crippen molar-refractivity contribution in [1.29, 1.82) is 0 Å². The van der Waals surface area contributed by atoms with Crippen LogP contribution < -0.4 is 0 Å². The zero-order valence-corrected chi connectivity index (χ0v) is 11.9. The fraction of sp³-hybridized carbons (Fsp3) is 0.647. The van der Waals surface area contributed by atoms with Crippen LogP contribution in [0, 0.1) is 0 Å². The van der Waals surface area contributed by atoms with Gasteiger partial charge in [0, 0.05) is 12.1 Å². The molecule has 0 amide bonds. The summed E-state index contributed by atoms with van der Waals surface area (Å²) in [6, 6.07) is 7.36. The molecule has 2 aliphatic rings. The molecule has 1 N–H and O–H groups in total. The molecule has 1 aromatic carbocycles. The SMILES string of the molecule is CCC1CCCCN1C1CCCc2cc(O)ccc21. The summed E-state index contributed by atoms with van der Waals surface area (Å²) in [5.41, 5.74) is 2.85. The number of aryl methyl sites for hydroxylation is 1. The summed E-state index contributed by atoms with van der Waals surface area (Å²) in [7, 11) is 0. The van der Waals surface area contributed by atoms with Crippen LogP contribution in [0.4, 0.5) is 0 Å². The van der Waals surface area contributed by atoms with Gasteiger partial charge in [-0.2, -0.15) is 0 Å². The molecule has 1 heterocycles. The third-order valence-corrected chi connectivity index (χ3v) is 4.95. The largest absolute Gasteiger partial charge is 0.508 e. The number of likely N-dealkylation sites (tertiary alicyclic amines) is 1. The van der Waals surface area contributed by atoms with Gasteiger partial charge in [0.2, 0.25) is 0 Å². The third kappa shape index (κ3) is 2.51. The number of phenols is 1. The third-order valence-electron chi connectivity index (χ3n) is 4.95. The quantitative estimate of drug-likeness (QED) is 0.866. The smallest absolute Gasteiger partial charge is 0.115 e. The van der Waals surface area contributed by atoms with E-state index in [-0.39, 0.29) is 0 Å². The fourth-order valence-electron chi connectivity index (χ4n) is 3.99. The van der Waals surface area contributed by atoms with Gasteiger partial charge in [-0.25, -0.2) is 0 Å². The summed E-state index contributed by atoms with van der Waals surface area (Å²) in [6.07, 6.45) is 9.04. The zero-order valence-electron chi connectivity index (χ0n) is 11.9. The Kier molecular flexibility index (Phi) is 3.79. The summed E-state index contributed by atoms with van der Waals surface area (Å²) >= 11 is 0. The van der Waals surface area contributed by atoms with Crippen LogP contribution in [0.25, 0.3) is 0 Å². The molecule has 2 nitrogen and oxygen atoms in total. The van der Waals surface area contributed by atoms with E-state index in [1.165, 1.54) is 56.2 Å². The number of piperidine rings is 1. The van der Waals surface area contributed by atoms with Gasteiger partial charge in [-0.15, -0.1) is 0 Å². The van der Waals surface area contributed by atoms with Crippen molar-refractivity contribution < 1.29 is 5.11 Å². The van der Waals surface area contributed by atoms with Crippen LogP contribution in [0.3, 0.4) is 0 Å². The molecule has 1 aliphatic carbocycles. The van der Waals surface area contributed by atoms with Crippen molar-refractivity contribution in [2.45, 2.75) is 64.0 Å². The highest BCUT2D eigenvalue weighted by Gasteiger charge is 2.31. The Labute approximate surface area is 116 Å². The molecule has 1 aromatic rings. The summed E-state index contributed by atoms with van der Waals surface area (Å²) in [6.45, 7) is 3.58. The van der Waals surface area contributed by atoms with Crippen molar-refractivity contribution in [3.8, 4) is 5.75 Å². The van der Waals surface area contributed by atoms with E-state index in [4.69, 9.17) is 0 Å². The second kappa shape index (κ2) is 5.54. The van der Waals surface area contributed by atoms with Gasteiger partial charge < -0.3 is 5.11 Å². The van der Waals surface area contributed by atoms with Crippen molar-refractivity contribution in [2.75, 3.05) is 6.54 Å². The Morgan fingerprint density at radius 1 is 1.21 bits per heavy atom. The average molecular weight is 259 g/mol. The molecule has 104 valence electrons. The van der Waals surface area contributed by atoms with Crippen molar-refractivity contribution >= 4 is 0 Å². The zero-order chi connectivity index (χ0) is 13.2. The predicted octanol–water partition coefficient (Wildman–Crippen LogP) is 4.03. The van der Waals surface area contributed by atoms with Gasteiger partial charge in [-0.05, 0) is 68.3 Å². The number of phenolic OH excluding ortho intramolecular Hbond substituents is 1. The molecule has 2 heteroatoms. The lowest BCUT2D eigenvalue weighted by Crippen LogP contribution is -2.42. The highest BCUT2D eigenvalue weighted by atomic mass is 16.3. The summed E-state index contributed by atoms with van der Waals surface area (Å²) in [4.78, 5) is 2.75. The molecule has 1 aliphatic heterocycles. The second-order valence-electron chi connectivity index (χ2n) is 6.09. The second-order valence-corrected chi connectivity index (χ2v) is 6.09. The molecule has 3 rings (SSSR count). The Hall–Kier alpha value is -1.02. The van der Waals surface area contributed by atoms with Crippen LogP contribution in [0.1, 0.15) is 62.6 Å². The average Bonchev–Trinajstić information content (AvgIpc) is 2.46. The fourth-order valence-corrected chi connectivity index (χ4v) is 3.99. The van der Waals surface area contributed by atoms with E-state index in [0.717, 1.165) is 12.5 Å². The van der Waals surface area contributed by atoms with Crippen LogP contribution in [0.5, 0.6) is 5.75 Å². The number of hydrogen-bond donors (Lipinski definition) is 1. The van der Waals surface area contributed by atoms with E-state index in [9.17, 15) is 5.11 Å². The molecule has 0 bridgehead atoms. The molecule has 1 saturated heterocycles. The lowest BCUT2D eigenvalue weighted by molar-refractivity contribution is 0.0814. The summed E-state index contributed by atoms with van der Waals surface area (Å²) in [5, 5.41) is 9.67. The van der Waals surface area contributed by atoms with E-state index in [0.29, 0.717) is 11.8 Å². The van der Waals surface area contributed by atoms with E-state index in [1.807, 2.05) is 12.1 Å². The van der Waals surface area contributed by atoms with Crippen LogP contribution in [-0.2, 0) is 6.42 Å². The lowest BCUT2D eigenvalue weighted by Gasteiger charge is -2.43. The Morgan fingerprint density at radius 2 is 2.11 bits per heavy atom. The Morgan fingerprint density at radius 3 is 2.95 bits per heavy atom. The Balaban J connectivity index is 1.89. The van der Waals surface area contributed by atoms with Crippen molar-refractivity contribution in [3.05, 3.63) is 29.3 Å². The maximum absolute atomic E-state index is 9.67. The van der Waals surface area contributed by atoms with E-state index in [2.05, 4.69) is 17.9 Å². The van der Waals surface area contributed by atoms with Gasteiger partial charge in [0.05, 0.1) is 0 Å². The molecule has 2 atom stereocenters. The molecule has 0 radical (unpaired) electrons. The standard InChI is InChI=1S/C17H25NO/c1-2-14-7-3-4-11-18(14)17-8-5-6-13-12-15(19)9-10-16(13)17/h9-10,12,14,17,19H,2-8,11H2,1H3. The number of nitrogens with zero attached hydrogens (tertiary/aromatic N) is 1. The van der Waals surface area contributed by atoms with Crippen LogP contribution in [0.15, 0.2) is 18.2 Å². The highest BCUT2D eigenvalue weighted by Crippen LogP contribution is 2.39. The molecule has 0 saturated carbocycles. The first-order valence-corrected chi connectivity index (χ1v) is 7.87. The molecular weight excluding hydrogens is 234 g/mol. The van der Waals surface area contributed by atoms with Crippen molar-refractivity contribution in [2.24, 2.45) is 0 Å².